The molecular weight excluding hydrogens is 320 g/mol. The van der Waals surface area contributed by atoms with Crippen molar-refractivity contribution in [3.05, 3.63) is 65.3 Å². The van der Waals surface area contributed by atoms with Crippen LogP contribution in [0, 0.1) is 5.92 Å². The number of thiophene rings is 1. The minimum atomic E-state index is -0.467. The number of fused-ring (bicyclic) bond motifs is 1. The predicted octanol–water partition coefficient (Wildman–Crippen LogP) is 2.97. The van der Waals surface area contributed by atoms with Gasteiger partial charge >= 0.3 is 0 Å². The lowest BCUT2D eigenvalue weighted by molar-refractivity contribution is 0.0769. The van der Waals surface area contributed by atoms with Crippen LogP contribution < -0.4 is 0 Å². The molecular formula is C19H18N2O2S. The molecule has 3 aromatic rings. The Morgan fingerprint density at radius 1 is 1.25 bits per heavy atom. The number of carbonyl (C=O) groups excluding carboxylic acids is 1. The molecule has 1 aliphatic heterocycles. The van der Waals surface area contributed by atoms with Gasteiger partial charge in [-0.05, 0) is 29.5 Å². The van der Waals surface area contributed by atoms with Crippen molar-refractivity contribution < 1.29 is 9.90 Å². The molecule has 122 valence electrons. The van der Waals surface area contributed by atoms with Gasteiger partial charge in [0.25, 0.3) is 5.91 Å². The standard InChI is InChI=1S/C19H18N2O2S/c22-16-12-21(11-15(16)8-13-4-2-1-3-5-13)19(23)17-9-14-6-7-20-10-18(14)24-17/h1-7,9-10,15-16,22H,8,11-12H2/t15-,16-/m1/s1. The normalized spacial score (nSPS) is 20.6. The van der Waals surface area contributed by atoms with E-state index in [9.17, 15) is 9.90 Å². The van der Waals surface area contributed by atoms with E-state index in [-0.39, 0.29) is 11.8 Å². The number of likely N-dealkylation sites (tertiary alicyclic amines) is 1. The Morgan fingerprint density at radius 3 is 2.88 bits per heavy atom. The first kappa shape index (κ1) is 15.3. The van der Waals surface area contributed by atoms with E-state index in [0.717, 1.165) is 16.5 Å². The number of hydrogen-bond acceptors (Lipinski definition) is 4. The highest BCUT2D eigenvalue weighted by Gasteiger charge is 2.34. The number of aliphatic hydroxyl groups excluding tert-OH is 1. The lowest BCUT2D eigenvalue weighted by Crippen LogP contribution is -2.28. The molecule has 1 amide bonds. The number of pyridine rings is 1. The lowest BCUT2D eigenvalue weighted by atomic mass is 9.97. The molecule has 2 atom stereocenters. The van der Waals surface area contributed by atoms with Crippen molar-refractivity contribution in [1.29, 1.82) is 0 Å². The molecule has 0 bridgehead atoms. The highest BCUT2D eigenvalue weighted by molar-refractivity contribution is 7.20. The summed E-state index contributed by atoms with van der Waals surface area (Å²) in [5.74, 6) is 0.0956. The zero-order valence-electron chi connectivity index (χ0n) is 13.1. The van der Waals surface area contributed by atoms with Crippen molar-refractivity contribution in [2.45, 2.75) is 12.5 Å². The van der Waals surface area contributed by atoms with E-state index in [4.69, 9.17) is 0 Å². The molecule has 1 fully saturated rings. The maximum absolute atomic E-state index is 12.8. The van der Waals surface area contributed by atoms with Gasteiger partial charge in [0, 0.05) is 31.4 Å². The van der Waals surface area contributed by atoms with E-state index < -0.39 is 6.10 Å². The van der Waals surface area contributed by atoms with Crippen molar-refractivity contribution in [2.75, 3.05) is 13.1 Å². The molecule has 0 saturated carbocycles. The number of carbonyl (C=O) groups is 1. The molecule has 0 spiro atoms. The van der Waals surface area contributed by atoms with Crippen LogP contribution in [0.4, 0.5) is 0 Å². The molecule has 1 aliphatic rings. The predicted molar refractivity (Wildman–Crippen MR) is 95.2 cm³/mol. The van der Waals surface area contributed by atoms with Crippen LogP contribution in [0.15, 0.2) is 54.9 Å². The Morgan fingerprint density at radius 2 is 2.08 bits per heavy atom. The molecule has 1 aromatic carbocycles. The first-order valence-electron chi connectivity index (χ1n) is 8.05. The SMILES string of the molecule is O=C(c1cc2ccncc2s1)N1C[C@@H](Cc2ccccc2)[C@H](O)C1. The number of amides is 1. The topological polar surface area (TPSA) is 53.4 Å². The van der Waals surface area contributed by atoms with Gasteiger partial charge in [0.1, 0.15) is 0 Å². The second-order valence-electron chi connectivity index (χ2n) is 6.25. The Bertz CT molecular complexity index is 829. The van der Waals surface area contributed by atoms with Gasteiger partial charge in [-0.25, -0.2) is 0 Å². The first-order valence-corrected chi connectivity index (χ1v) is 8.87. The van der Waals surface area contributed by atoms with E-state index in [1.165, 1.54) is 16.9 Å². The average molecular weight is 338 g/mol. The molecule has 24 heavy (non-hydrogen) atoms. The summed E-state index contributed by atoms with van der Waals surface area (Å²) in [7, 11) is 0. The summed E-state index contributed by atoms with van der Waals surface area (Å²) in [6.45, 7) is 1.00. The Balaban J connectivity index is 1.49. The maximum Gasteiger partial charge on any atom is 0.264 e. The third kappa shape index (κ3) is 2.92. The van der Waals surface area contributed by atoms with E-state index in [2.05, 4.69) is 17.1 Å². The highest BCUT2D eigenvalue weighted by atomic mass is 32.1. The van der Waals surface area contributed by atoms with Gasteiger partial charge in [-0.15, -0.1) is 11.3 Å². The third-order valence-electron chi connectivity index (χ3n) is 4.57. The van der Waals surface area contributed by atoms with Crippen LogP contribution in [0.1, 0.15) is 15.2 Å². The lowest BCUT2D eigenvalue weighted by Gasteiger charge is -2.15. The van der Waals surface area contributed by atoms with Gasteiger partial charge in [-0.3, -0.25) is 9.78 Å². The van der Waals surface area contributed by atoms with E-state index in [0.29, 0.717) is 18.0 Å². The number of aromatic nitrogens is 1. The third-order valence-corrected chi connectivity index (χ3v) is 5.64. The van der Waals surface area contributed by atoms with Crippen molar-refractivity contribution in [3.8, 4) is 0 Å². The smallest absolute Gasteiger partial charge is 0.264 e. The molecule has 3 heterocycles. The number of hydrogen-bond donors (Lipinski definition) is 1. The van der Waals surface area contributed by atoms with E-state index in [1.807, 2.05) is 30.3 Å². The van der Waals surface area contributed by atoms with Crippen LogP contribution in [-0.2, 0) is 6.42 Å². The molecule has 1 N–H and O–H groups in total. The molecule has 1 saturated heterocycles. The summed E-state index contributed by atoms with van der Waals surface area (Å²) < 4.78 is 1.02. The number of benzene rings is 1. The summed E-state index contributed by atoms with van der Waals surface area (Å²) in [5, 5.41) is 11.4. The molecule has 5 heteroatoms. The molecule has 0 aliphatic carbocycles. The van der Waals surface area contributed by atoms with Crippen LogP contribution in [0.5, 0.6) is 0 Å². The second-order valence-corrected chi connectivity index (χ2v) is 7.34. The van der Waals surface area contributed by atoms with E-state index in [1.54, 1.807) is 17.3 Å². The molecule has 2 aromatic heterocycles. The molecule has 0 unspecified atom stereocenters. The van der Waals surface area contributed by atoms with Crippen molar-refractivity contribution in [3.63, 3.8) is 0 Å². The van der Waals surface area contributed by atoms with Gasteiger partial charge in [-0.1, -0.05) is 30.3 Å². The monoisotopic (exact) mass is 338 g/mol. The summed E-state index contributed by atoms with van der Waals surface area (Å²) in [5.41, 5.74) is 1.20. The second kappa shape index (κ2) is 6.34. The van der Waals surface area contributed by atoms with Crippen LogP contribution in [0.2, 0.25) is 0 Å². The maximum atomic E-state index is 12.8. The zero-order valence-corrected chi connectivity index (χ0v) is 13.9. The fourth-order valence-corrected chi connectivity index (χ4v) is 4.28. The summed E-state index contributed by atoms with van der Waals surface area (Å²) in [4.78, 5) is 19.4. The molecule has 4 rings (SSSR count). The van der Waals surface area contributed by atoms with Crippen LogP contribution in [0.25, 0.3) is 10.1 Å². The van der Waals surface area contributed by atoms with Gasteiger partial charge in [-0.2, -0.15) is 0 Å². The number of β-amino-alcohol motifs (C(OH)–C–C–N with tert-alkyl or cyclic N) is 1. The van der Waals surface area contributed by atoms with Crippen LogP contribution in [0.3, 0.4) is 0 Å². The van der Waals surface area contributed by atoms with Crippen molar-refractivity contribution in [2.24, 2.45) is 5.92 Å². The molecule has 0 radical (unpaired) electrons. The minimum Gasteiger partial charge on any atom is -0.391 e. The van der Waals surface area contributed by atoms with Crippen molar-refractivity contribution >= 4 is 27.3 Å². The largest absolute Gasteiger partial charge is 0.391 e. The number of aliphatic hydroxyl groups is 1. The minimum absolute atomic E-state index is 0.00538. The Kier molecular flexibility index (Phi) is 4.04. The fraction of sp³-hybridized carbons (Fsp3) is 0.263. The van der Waals surface area contributed by atoms with Crippen LogP contribution in [-0.4, -0.2) is 40.1 Å². The number of rotatable bonds is 3. The summed E-state index contributed by atoms with van der Waals surface area (Å²) >= 11 is 1.46. The van der Waals surface area contributed by atoms with Crippen LogP contribution >= 0.6 is 11.3 Å². The first-order chi connectivity index (χ1) is 11.7. The van der Waals surface area contributed by atoms with Crippen molar-refractivity contribution in [1.82, 2.24) is 9.88 Å². The quantitative estimate of drug-likeness (QED) is 0.799. The fourth-order valence-electron chi connectivity index (χ4n) is 3.28. The Labute approximate surface area is 144 Å². The summed E-state index contributed by atoms with van der Waals surface area (Å²) in [6, 6.07) is 14.0. The molecule has 4 nitrogen and oxygen atoms in total. The van der Waals surface area contributed by atoms with E-state index >= 15 is 0 Å². The average Bonchev–Trinajstić information content (AvgIpc) is 3.19. The summed E-state index contributed by atoms with van der Waals surface area (Å²) in [6.07, 6.45) is 3.85. The Hall–Kier alpha value is -2.24. The van der Waals surface area contributed by atoms with Gasteiger partial charge < -0.3 is 10.0 Å². The number of nitrogens with zero attached hydrogens (tertiary/aromatic N) is 2. The highest BCUT2D eigenvalue weighted by Crippen LogP contribution is 2.28. The zero-order chi connectivity index (χ0) is 16.5. The van der Waals surface area contributed by atoms with Gasteiger partial charge in [0.05, 0.1) is 15.7 Å². The van der Waals surface area contributed by atoms with Gasteiger partial charge in [0.2, 0.25) is 0 Å². The van der Waals surface area contributed by atoms with Gasteiger partial charge in [0.15, 0.2) is 0 Å².